The fourth-order valence-electron chi connectivity index (χ4n) is 2.80. The molecule has 0 atom stereocenters. The van der Waals surface area contributed by atoms with Gasteiger partial charge in [-0.3, -0.25) is 15.2 Å². The number of para-hydroxylation sites is 1. The van der Waals surface area contributed by atoms with Gasteiger partial charge in [0.1, 0.15) is 11.4 Å². The molecule has 0 aliphatic carbocycles. The van der Waals surface area contributed by atoms with E-state index in [0.717, 1.165) is 16.9 Å². The van der Waals surface area contributed by atoms with Gasteiger partial charge in [-0.25, -0.2) is 9.98 Å². The first-order valence-corrected chi connectivity index (χ1v) is 10.4. The zero-order valence-electron chi connectivity index (χ0n) is 17.0. The van der Waals surface area contributed by atoms with Crippen LogP contribution in [0.3, 0.4) is 0 Å². The molecule has 4 rings (SSSR count). The van der Waals surface area contributed by atoms with E-state index in [-0.39, 0.29) is 11.7 Å². The minimum Gasteiger partial charge on any atom is -0.369 e. The standard InChI is InChI=1S/C22H21N7OS/c1-29(2)14-23-19-18(20(28-27-19)24-16-11-7-4-8-12-16)21(30)26-22-25-17(13-31-22)15-9-5-3-6-10-15/h3-14H,1-2H3,(H2,24,27,28)(H,25,26,30). The summed E-state index contributed by atoms with van der Waals surface area (Å²) in [4.78, 5) is 23.8. The summed E-state index contributed by atoms with van der Waals surface area (Å²) in [5.41, 5.74) is 2.93. The molecule has 0 radical (unpaired) electrons. The van der Waals surface area contributed by atoms with Crippen LogP contribution in [0.4, 0.5) is 22.5 Å². The van der Waals surface area contributed by atoms with Gasteiger partial charge in [0.05, 0.1) is 12.0 Å². The number of hydrogen-bond acceptors (Lipinski definition) is 6. The molecule has 1 amide bonds. The first-order valence-electron chi connectivity index (χ1n) is 9.53. The fraction of sp³-hybridized carbons (Fsp3) is 0.0909. The van der Waals surface area contributed by atoms with Crippen LogP contribution in [0.25, 0.3) is 11.3 Å². The second-order valence-corrected chi connectivity index (χ2v) is 7.71. The number of thiazole rings is 1. The van der Waals surface area contributed by atoms with Crippen LogP contribution in [0.2, 0.25) is 0 Å². The van der Waals surface area contributed by atoms with Crippen molar-refractivity contribution in [3.05, 3.63) is 71.6 Å². The Hall–Kier alpha value is -3.98. The topological polar surface area (TPSA) is 98.3 Å². The van der Waals surface area contributed by atoms with Crippen LogP contribution in [0, 0.1) is 0 Å². The molecule has 4 aromatic rings. The van der Waals surface area contributed by atoms with E-state index in [2.05, 4.69) is 30.8 Å². The van der Waals surface area contributed by atoms with E-state index in [1.54, 1.807) is 11.2 Å². The van der Waals surface area contributed by atoms with Crippen molar-refractivity contribution < 1.29 is 4.79 Å². The van der Waals surface area contributed by atoms with Crippen LogP contribution in [0.1, 0.15) is 10.4 Å². The molecule has 0 bridgehead atoms. The molecule has 0 fully saturated rings. The molecule has 3 N–H and O–H groups in total. The van der Waals surface area contributed by atoms with Crippen LogP contribution < -0.4 is 10.6 Å². The van der Waals surface area contributed by atoms with Crippen molar-refractivity contribution >= 4 is 46.0 Å². The van der Waals surface area contributed by atoms with Crippen molar-refractivity contribution in [2.24, 2.45) is 4.99 Å². The van der Waals surface area contributed by atoms with Gasteiger partial charge in [0.25, 0.3) is 5.91 Å². The Kier molecular flexibility index (Phi) is 6.04. The van der Waals surface area contributed by atoms with Gasteiger partial charge in [-0.2, -0.15) is 5.10 Å². The van der Waals surface area contributed by atoms with Gasteiger partial charge >= 0.3 is 0 Å². The summed E-state index contributed by atoms with van der Waals surface area (Å²) in [6.45, 7) is 0. The highest BCUT2D eigenvalue weighted by molar-refractivity contribution is 7.14. The Morgan fingerprint density at radius 2 is 1.81 bits per heavy atom. The molecule has 31 heavy (non-hydrogen) atoms. The summed E-state index contributed by atoms with van der Waals surface area (Å²) in [5.74, 6) is 0.381. The van der Waals surface area contributed by atoms with Gasteiger partial charge in [0.2, 0.25) is 0 Å². The Bertz CT molecular complexity index is 1180. The Morgan fingerprint density at radius 3 is 2.52 bits per heavy atom. The van der Waals surface area contributed by atoms with Crippen molar-refractivity contribution in [2.75, 3.05) is 24.7 Å². The molecule has 2 heterocycles. The molecular formula is C22H21N7OS. The van der Waals surface area contributed by atoms with Crippen LogP contribution in [-0.4, -0.2) is 46.4 Å². The van der Waals surface area contributed by atoms with Gasteiger partial charge < -0.3 is 10.2 Å². The number of amides is 1. The predicted octanol–water partition coefficient (Wildman–Crippen LogP) is 4.75. The van der Waals surface area contributed by atoms with Crippen molar-refractivity contribution in [3.63, 3.8) is 0 Å². The lowest BCUT2D eigenvalue weighted by molar-refractivity contribution is 0.102. The number of rotatable bonds is 7. The fourth-order valence-corrected chi connectivity index (χ4v) is 3.51. The van der Waals surface area contributed by atoms with E-state index in [4.69, 9.17) is 0 Å². The van der Waals surface area contributed by atoms with Crippen molar-refractivity contribution in [2.45, 2.75) is 0 Å². The SMILES string of the molecule is CN(C)C=Nc1n[nH]c(Nc2ccccc2)c1C(=O)Nc1nc(-c2ccccc2)cs1. The molecule has 156 valence electrons. The van der Waals surface area contributed by atoms with E-state index in [1.807, 2.05) is 80.1 Å². The van der Waals surface area contributed by atoms with E-state index in [9.17, 15) is 4.79 Å². The monoisotopic (exact) mass is 431 g/mol. The second-order valence-electron chi connectivity index (χ2n) is 6.85. The van der Waals surface area contributed by atoms with E-state index >= 15 is 0 Å². The molecule has 9 heteroatoms. The maximum Gasteiger partial charge on any atom is 0.265 e. The van der Waals surface area contributed by atoms with E-state index in [0.29, 0.717) is 16.5 Å². The predicted molar refractivity (Wildman–Crippen MR) is 126 cm³/mol. The minimum atomic E-state index is -0.355. The molecular weight excluding hydrogens is 410 g/mol. The number of nitrogens with one attached hydrogen (secondary N) is 3. The number of aromatic amines is 1. The van der Waals surface area contributed by atoms with Crippen molar-refractivity contribution in [1.29, 1.82) is 0 Å². The molecule has 0 aliphatic rings. The number of benzene rings is 2. The molecule has 0 saturated heterocycles. The summed E-state index contributed by atoms with van der Waals surface area (Å²) >= 11 is 1.36. The number of carbonyl (C=O) groups excluding carboxylic acids is 1. The number of H-pyrrole nitrogens is 1. The molecule has 0 aliphatic heterocycles. The summed E-state index contributed by atoms with van der Waals surface area (Å²) < 4.78 is 0. The van der Waals surface area contributed by atoms with Gasteiger partial charge in [-0.15, -0.1) is 11.3 Å². The largest absolute Gasteiger partial charge is 0.369 e. The maximum atomic E-state index is 13.2. The van der Waals surface area contributed by atoms with E-state index < -0.39 is 0 Å². The number of aliphatic imine (C=N–C) groups is 1. The Labute approximate surface area is 183 Å². The van der Waals surface area contributed by atoms with Crippen molar-refractivity contribution in [3.8, 4) is 11.3 Å². The third-order valence-electron chi connectivity index (χ3n) is 4.22. The average molecular weight is 432 g/mol. The zero-order chi connectivity index (χ0) is 21.6. The minimum absolute atomic E-state index is 0.282. The van der Waals surface area contributed by atoms with Gasteiger partial charge in [0.15, 0.2) is 10.9 Å². The molecule has 8 nitrogen and oxygen atoms in total. The number of carbonyl (C=O) groups is 1. The number of anilines is 3. The molecule has 2 aromatic heterocycles. The van der Waals surface area contributed by atoms with Crippen LogP contribution in [-0.2, 0) is 0 Å². The van der Waals surface area contributed by atoms with Crippen LogP contribution in [0.15, 0.2) is 71.0 Å². The molecule has 0 unspecified atom stereocenters. The normalized spacial score (nSPS) is 10.9. The third kappa shape index (κ3) is 4.96. The zero-order valence-corrected chi connectivity index (χ0v) is 17.9. The highest BCUT2D eigenvalue weighted by Gasteiger charge is 2.22. The summed E-state index contributed by atoms with van der Waals surface area (Å²) in [5, 5.41) is 15.6. The number of aromatic nitrogens is 3. The Balaban J connectivity index is 1.61. The highest BCUT2D eigenvalue weighted by atomic mass is 32.1. The number of hydrogen-bond donors (Lipinski definition) is 3. The lowest BCUT2D eigenvalue weighted by atomic mass is 10.2. The lowest BCUT2D eigenvalue weighted by Crippen LogP contribution is -2.13. The van der Waals surface area contributed by atoms with Crippen LogP contribution >= 0.6 is 11.3 Å². The maximum absolute atomic E-state index is 13.2. The summed E-state index contributed by atoms with van der Waals surface area (Å²) in [7, 11) is 3.69. The van der Waals surface area contributed by atoms with Crippen LogP contribution in [0.5, 0.6) is 0 Å². The molecule has 0 spiro atoms. The number of nitrogens with zero attached hydrogens (tertiary/aromatic N) is 4. The first kappa shape index (κ1) is 20.3. The first-order chi connectivity index (χ1) is 15.1. The highest BCUT2D eigenvalue weighted by Crippen LogP contribution is 2.29. The van der Waals surface area contributed by atoms with E-state index in [1.165, 1.54) is 11.3 Å². The smallest absolute Gasteiger partial charge is 0.265 e. The lowest BCUT2D eigenvalue weighted by Gasteiger charge is -2.07. The average Bonchev–Trinajstić information content (AvgIpc) is 3.40. The van der Waals surface area contributed by atoms with Gasteiger partial charge in [-0.05, 0) is 12.1 Å². The Morgan fingerprint density at radius 1 is 1.10 bits per heavy atom. The van der Waals surface area contributed by atoms with Gasteiger partial charge in [0, 0.05) is 30.7 Å². The third-order valence-corrected chi connectivity index (χ3v) is 4.98. The van der Waals surface area contributed by atoms with Crippen molar-refractivity contribution in [1.82, 2.24) is 20.1 Å². The summed E-state index contributed by atoms with van der Waals surface area (Å²) in [6.07, 6.45) is 1.59. The molecule has 0 saturated carbocycles. The second kappa shape index (κ2) is 9.23. The molecule has 2 aromatic carbocycles. The van der Waals surface area contributed by atoms with Gasteiger partial charge in [-0.1, -0.05) is 48.5 Å². The summed E-state index contributed by atoms with van der Waals surface area (Å²) in [6, 6.07) is 19.4. The quantitative estimate of drug-likeness (QED) is 0.290.